The van der Waals surface area contributed by atoms with Crippen molar-refractivity contribution in [3.8, 4) is 0 Å². The Hall–Kier alpha value is -2.42. The van der Waals surface area contributed by atoms with Crippen molar-refractivity contribution in [2.45, 2.75) is 6.54 Å². The van der Waals surface area contributed by atoms with E-state index >= 15 is 0 Å². The van der Waals surface area contributed by atoms with Gasteiger partial charge in [0.05, 0.1) is 19.5 Å². The van der Waals surface area contributed by atoms with Crippen molar-refractivity contribution in [3.63, 3.8) is 0 Å². The van der Waals surface area contributed by atoms with Gasteiger partial charge in [-0.15, -0.1) is 0 Å². The number of carbonyl (C=O) groups is 1. The molecule has 0 saturated carbocycles. The van der Waals surface area contributed by atoms with E-state index in [0.717, 1.165) is 45.0 Å². The third-order valence-corrected chi connectivity index (χ3v) is 4.49. The zero-order valence-corrected chi connectivity index (χ0v) is 15.9. The van der Waals surface area contributed by atoms with Crippen LogP contribution in [0.5, 0.6) is 0 Å². The molecule has 1 saturated heterocycles. The van der Waals surface area contributed by atoms with Crippen LogP contribution in [-0.2, 0) is 11.3 Å². The Kier molecular flexibility index (Phi) is 7.20. The molecule has 0 aliphatic carbocycles. The minimum absolute atomic E-state index is 0.273. The molecule has 1 aromatic carbocycles. The molecule has 1 fully saturated rings. The summed E-state index contributed by atoms with van der Waals surface area (Å²) in [6.45, 7) is 5.86. The van der Waals surface area contributed by atoms with Gasteiger partial charge in [0.15, 0.2) is 10.9 Å². The number of thiocarbonyl (C=S) groups is 1. The molecular weight excluding hydrogens is 364 g/mol. The SMILES string of the molecule is O=C(Nc1cccc(CNC(=S)NCCN2CCOCC2)c1)c1ccco1. The molecule has 0 unspecified atom stereocenters. The number of nitrogens with one attached hydrogen (secondary N) is 3. The predicted molar refractivity (Wildman–Crippen MR) is 108 cm³/mol. The first-order valence-corrected chi connectivity index (χ1v) is 9.37. The molecule has 3 N–H and O–H groups in total. The van der Waals surface area contributed by atoms with E-state index in [-0.39, 0.29) is 11.7 Å². The van der Waals surface area contributed by atoms with Crippen molar-refractivity contribution in [1.82, 2.24) is 15.5 Å². The van der Waals surface area contributed by atoms with Gasteiger partial charge in [-0.3, -0.25) is 9.69 Å². The highest BCUT2D eigenvalue weighted by Crippen LogP contribution is 2.12. The quantitative estimate of drug-likeness (QED) is 0.625. The molecule has 2 aromatic rings. The van der Waals surface area contributed by atoms with Crippen LogP contribution in [0.1, 0.15) is 16.1 Å². The monoisotopic (exact) mass is 388 g/mol. The third-order valence-electron chi connectivity index (χ3n) is 4.20. The minimum Gasteiger partial charge on any atom is -0.459 e. The molecule has 1 aromatic heterocycles. The summed E-state index contributed by atoms with van der Waals surface area (Å²) >= 11 is 5.33. The van der Waals surface area contributed by atoms with Crippen LogP contribution in [0.3, 0.4) is 0 Å². The van der Waals surface area contributed by atoms with Crippen molar-refractivity contribution in [1.29, 1.82) is 0 Å². The van der Waals surface area contributed by atoms with Crippen LogP contribution in [0, 0.1) is 0 Å². The lowest BCUT2D eigenvalue weighted by atomic mass is 10.2. The largest absolute Gasteiger partial charge is 0.459 e. The lowest BCUT2D eigenvalue weighted by Gasteiger charge is -2.26. The van der Waals surface area contributed by atoms with Gasteiger partial charge in [0.1, 0.15) is 0 Å². The summed E-state index contributed by atoms with van der Waals surface area (Å²) < 4.78 is 10.4. The summed E-state index contributed by atoms with van der Waals surface area (Å²) in [7, 11) is 0. The van der Waals surface area contributed by atoms with Gasteiger partial charge in [-0.2, -0.15) is 0 Å². The second-order valence-corrected chi connectivity index (χ2v) is 6.60. The van der Waals surface area contributed by atoms with Crippen LogP contribution < -0.4 is 16.0 Å². The van der Waals surface area contributed by atoms with Crippen LogP contribution in [-0.4, -0.2) is 55.3 Å². The fourth-order valence-electron chi connectivity index (χ4n) is 2.76. The zero-order chi connectivity index (χ0) is 18.9. The molecule has 27 heavy (non-hydrogen) atoms. The van der Waals surface area contributed by atoms with Gasteiger partial charge in [0.25, 0.3) is 5.91 Å². The Bertz CT molecular complexity index is 745. The maximum atomic E-state index is 12.0. The van der Waals surface area contributed by atoms with Crippen molar-refractivity contribution in [2.75, 3.05) is 44.7 Å². The van der Waals surface area contributed by atoms with E-state index in [1.165, 1.54) is 6.26 Å². The third kappa shape index (κ3) is 6.35. The highest BCUT2D eigenvalue weighted by Gasteiger charge is 2.10. The first-order chi connectivity index (χ1) is 13.2. The molecule has 2 heterocycles. The van der Waals surface area contributed by atoms with Gasteiger partial charge in [0, 0.05) is 38.4 Å². The van der Waals surface area contributed by atoms with Gasteiger partial charge < -0.3 is 25.1 Å². The number of morpholine rings is 1. The summed E-state index contributed by atoms with van der Waals surface area (Å²) in [6.07, 6.45) is 1.47. The van der Waals surface area contributed by atoms with Crippen molar-refractivity contribution in [3.05, 3.63) is 54.0 Å². The summed E-state index contributed by atoms with van der Waals surface area (Å²) in [5.74, 6) is 0.00887. The number of rotatable bonds is 7. The van der Waals surface area contributed by atoms with Crippen molar-refractivity contribution < 1.29 is 13.9 Å². The molecule has 3 rings (SSSR count). The molecule has 0 radical (unpaired) electrons. The molecule has 0 spiro atoms. The van der Waals surface area contributed by atoms with Crippen LogP contribution in [0.2, 0.25) is 0 Å². The average molecular weight is 388 g/mol. The molecule has 1 amide bonds. The molecule has 7 nitrogen and oxygen atoms in total. The number of amides is 1. The maximum Gasteiger partial charge on any atom is 0.291 e. The maximum absolute atomic E-state index is 12.0. The summed E-state index contributed by atoms with van der Waals surface area (Å²) in [5.41, 5.74) is 1.73. The summed E-state index contributed by atoms with van der Waals surface area (Å²) in [5, 5.41) is 9.85. The Labute approximate surface area is 164 Å². The number of anilines is 1. The van der Waals surface area contributed by atoms with Crippen molar-refractivity contribution >= 4 is 28.9 Å². The zero-order valence-electron chi connectivity index (χ0n) is 15.1. The number of hydrogen-bond acceptors (Lipinski definition) is 5. The molecule has 8 heteroatoms. The van der Waals surface area contributed by atoms with Crippen LogP contribution in [0.4, 0.5) is 5.69 Å². The van der Waals surface area contributed by atoms with Crippen LogP contribution >= 0.6 is 12.2 Å². The number of benzene rings is 1. The molecule has 0 atom stereocenters. The average Bonchev–Trinajstić information content (AvgIpc) is 3.23. The highest BCUT2D eigenvalue weighted by molar-refractivity contribution is 7.80. The Balaban J connectivity index is 1.39. The first kappa shape index (κ1) is 19.3. The molecular formula is C19H24N4O3S. The fraction of sp³-hybridized carbons (Fsp3) is 0.368. The van der Waals surface area contributed by atoms with E-state index in [1.807, 2.05) is 24.3 Å². The van der Waals surface area contributed by atoms with E-state index in [9.17, 15) is 4.79 Å². The fourth-order valence-corrected chi connectivity index (χ4v) is 2.93. The number of ether oxygens (including phenoxy) is 1. The Morgan fingerprint density at radius 1 is 1.15 bits per heavy atom. The second-order valence-electron chi connectivity index (χ2n) is 6.20. The first-order valence-electron chi connectivity index (χ1n) is 8.96. The number of furan rings is 1. The second kappa shape index (κ2) is 10.1. The van der Waals surface area contributed by atoms with Gasteiger partial charge >= 0.3 is 0 Å². The normalized spacial score (nSPS) is 14.5. The Morgan fingerprint density at radius 3 is 2.78 bits per heavy atom. The van der Waals surface area contributed by atoms with Gasteiger partial charge in [-0.1, -0.05) is 12.1 Å². The van der Waals surface area contributed by atoms with E-state index in [2.05, 4.69) is 20.9 Å². The Morgan fingerprint density at radius 2 is 2.00 bits per heavy atom. The number of carbonyl (C=O) groups excluding carboxylic acids is 1. The van der Waals surface area contributed by atoms with E-state index in [4.69, 9.17) is 21.4 Å². The molecule has 0 bridgehead atoms. The smallest absolute Gasteiger partial charge is 0.291 e. The van der Waals surface area contributed by atoms with Gasteiger partial charge in [-0.25, -0.2) is 0 Å². The van der Waals surface area contributed by atoms with Crippen molar-refractivity contribution in [2.24, 2.45) is 0 Å². The highest BCUT2D eigenvalue weighted by atomic mass is 32.1. The van der Waals surface area contributed by atoms with E-state index in [1.54, 1.807) is 12.1 Å². The standard InChI is InChI=1S/C19H24N4O3S/c24-18(17-5-2-10-26-17)22-16-4-1-3-15(13-16)14-21-19(27)20-6-7-23-8-11-25-12-9-23/h1-5,10,13H,6-9,11-12,14H2,(H,22,24)(H2,20,21,27). The van der Waals surface area contributed by atoms with Gasteiger partial charge in [-0.05, 0) is 42.0 Å². The van der Waals surface area contributed by atoms with Crippen LogP contribution in [0.15, 0.2) is 47.1 Å². The summed E-state index contributed by atoms with van der Waals surface area (Å²) in [6, 6.07) is 10.9. The molecule has 144 valence electrons. The lowest BCUT2D eigenvalue weighted by Crippen LogP contribution is -2.43. The topological polar surface area (TPSA) is 78.8 Å². The lowest BCUT2D eigenvalue weighted by molar-refractivity contribution is 0.0389. The minimum atomic E-state index is -0.273. The van der Waals surface area contributed by atoms with E-state index < -0.39 is 0 Å². The molecule has 1 aliphatic rings. The van der Waals surface area contributed by atoms with E-state index in [0.29, 0.717) is 17.3 Å². The van der Waals surface area contributed by atoms with Gasteiger partial charge in [0.2, 0.25) is 0 Å². The summed E-state index contributed by atoms with van der Waals surface area (Å²) in [4.78, 5) is 14.4. The molecule has 1 aliphatic heterocycles. The predicted octanol–water partition coefficient (Wildman–Crippen LogP) is 1.83. The van der Waals surface area contributed by atoms with Crippen LogP contribution in [0.25, 0.3) is 0 Å². The number of hydrogen-bond donors (Lipinski definition) is 3. The number of nitrogens with zero attached hydrogens (tertiary/aromatic N) is 1.